The number of aromatic nitrogens is 2. The largest absolute Gasteiger partial charge is 0.454 e. The van der Waals surface area contributed by atoms with E-state index in [0.29, 0.717) is 46.3 Å². The molecule has 0 radical (unpaired) electrons. The lowest BCUT2D eigenvalue weighted by Gasteiger charge is -2.35. The first-order chi connectivity index (χ1) is 16.5. The van der Waals surface area contributed by atoms with Crippen LogP contribution >= 0.6 is 0 Å². The minimum absolute atomic E-state index is 0.172. The maximum atomic E-state index is 14.1. The number of allylic oxidation sites excluding steroid dienone is 1. The first kappa shape index (κ1) is 21.9. The van der Waals surface area contributed by atoms with Gasteiger partial charge < -0.3 is 19.3 Å². The normalized spacial score (nSPS) is 17.3. The lowest BCUT2D eigenvalue weighted by atomic mass is 9.94. The minimum Gasteiger partial charge on any atom is -0.454 e. The third kappa shape index (κ3) is 4.09. The number of hydrogen-bond acceptors (Lipinski definition) is 6. The fraction of sp³-hybridized carbons (Fsp3) is 0.320. The molecule has 0 saturated heterocycles. The highest BCUT2D eigenvalue weighted by molar-refractivity contribution is 5.86. The minimum atomic E-state index is -0.629. The number of hydrogen-bond donors (Lipinski definition) is 1. The van der Waals surface area contributed by atoms with Crippen molar-refractivity contribution < 1.29 is 23.2 Å². The second-order valence-corrected chi connectivity index (χ2v) is 8.29. The molecular formula is C25H25FN4O4. The van der Waals surface area contributed by atoms with Gasteiger partial charge in [0.05, 0.1) is 11.6 Å². The number of nitrogens with one attached hydrogen (secondary N) is 1. The highest BCUT2D eigenvalue weighted by atomic mass is 19.1. The number of unbranched alkanes of at least 4 members (excludes halogenated alkanes) is 2. The van der Waals surface area contributed by atoms with Gasteiger partial charge in [0.2, 0.25) is 12.6 Å². The van der Waals surface area contributed by atoms with Crippen LogP contribution in [0.1, 0.15) is 50.6 Å². The van der Waals surface area contributed by atoms with Gasteiger partial charge in [-0.15, -0.1) is 0 Å². The number of carbonyl (C=O) groups is 1. The molecule has 5 rings (SSSR count). The Labute approximate surface area is 196 Å². The molecule has 2 aromatic carbocycles. The predicted molar refractivity (Wildman–Crippen MR) is 122 cm³/mol. The van der Waals surface area contributed by atoms with Crippen LogP contribution in [0.5, 0.6) is 11.5 Å². The number of amides is 2. The Kier molecular flexibility index (Phi) is 5.91. The van der Waals surface area contributed by atoms with Crippen molar-refractivity contribution in [2.24, 2.45) is 0 Å². The van der Waals surface area contributed by atoms with Crippen LogP contribution in [0.15, 0.2) is 52.7 Å². The number of fused-ring (bicyclic) bond motifs is 1. The summed E-state index contributed by atoms with van der Waals surface area (Å²) in [5, 5.41) is 7.16. The topological polar surface area (TPSA) is 89.7 Å². The van der Waals surface area contributed by atoms with Crippen molar-refractivity contribution in [2.45, 2.75) is 39.2 Å². The molecule has 2 aliphatic rings. The van der Waals surface area contributed by atoms with Gasteiger partial charge in [0, 0.05) is 17.8 Å². The van der Waals surface area contributed by atoms with E-state index in [9.17, 15) is 9.18 Å². The van der Waals surface area contributed by atoms with Crippen molar-refractivity contribution in [1.82, 2.24) is 20.4 Å². The molecule has 8 nitrogen and oxygen atoms in total. The third-order valence-electron chi connectivity index (χ3n) is 6.05. The van der Waals surface area contributed by atoms with Gasteiger partial charge in [-0.05, 0) is 49.2 Å². The Morgan fingerprint density at radius 1 is 1.15 bits per heavy atom. The Balaban J connectivity index is 1.55. The van der Waals surface area contributed by atoms with E-state index in [1.165, 1.54) is 12.1 Å². The quantitative estimate of drug-likeness (QED) is 0.478. The molecule has 0 saturated carbocycles. The molecule has 1 N–H and O–H groups in total. The zero-order chi connectivity index (χ0) is 23.7. The number of ether oxygens (including phenoxy) is 2. The van der Waals surface area contributed by atoms with E-state index in [1.807, 2.05) is 13.0 Å². The van der Waals surface area contributed by atoms with E-state index in [0.717, 1.165) is 19.3 Å². The van der Waals surface area contributed by atoms with Crippen molar-refractivity contribution in [2.75, 3.05) is 13.3 Å². The van der Waals surface area contributed by atoms with Crippen LogP contribution in [0.25, 0.3) is 17.0 Å². The number of nitrogens with zero attached hydrogens (tertiary/aromatic N) is 3. The molecule has 176 valence electrons. The second kappa shape index (κ2) is 9.17. The van der Waals surface area contributed by atoms with Gasteiger partial charge in [0.1, 0.15) is 5.82 Å². The summed E-state index contributed by atoms with van der Waals surface area (Å²) >= 11 is 0. The van der Waals surface area contributed by atoms with Gasteiger partial charge >= 0.3 is 6.03 Å². The first-order valence-electron chi connectivity index (χ1n) is 11.3. The second-order valence-electron chi connectivity index (χ2n) is 8.29. The van der Waals surface area contributed by atoms with Gasteiger partial charge in [-0.25, -0.2) is 9.18 Å². The van der Waals surface area contributed by atoms with E-state index in [2.05, 4.69) is 22.4 Å². The van der Waals surface area contributed by atoms with Crippen molar-refractivity contribution in [3.63, 3.8) is 0 Å². The summed E-state index contributed by atoms with van der Waals surface area (Å²) in [7, 11) is 0. The van der Waals surface area contributed by atoms with Gasteiger partial charge in [-0.1, -0.05) is 37.1 Å². The summed E-state index contributed by atoms with van der Waals surface area (Å²) in [4.78, 5) is 19.3. The molecule has 3 heterocycles. The van der Waals surface area contributed by atoms with E-state index in [4.69, 9.17) is 14.0 Å². The average Bonchev–Trinajstić information content (AvgIpc) is 3.50. The van der Waals surface area contributed by atoms with Crippen LogP contribution in [0.3, 0.4) is 0 Å². The summed E-state index contributed by atoms with van der Waals surface area (Å²) in [6.07, 6.45) is 2.92. The number of carbonyl (C=O) groups excluding carboxylic acids is 1. The summed E-state index contributed by atoms with van der Waals surface area (Å²) < 4.78 is 30.5. The Morgan fingerprint density at radius 3 is 2.82 bits per heavy atom. The van der Waals surface area contributed by atoms with Gasteiger partial charge in [-0.3, -0.25) is 4.90 Å². The maximum absolute atomic E-state index is 14.1. The van der Waals surface area contributed by atoms with E-state index in [1.54, 1.807) is 29.2 Å². The fourth-order valence-electron chi connectivity index (χ4n) is 4.27. The Bertz CT molecular complexity index is 1260. The molecule has 1 aromatic heterocycles. The van der Waals surface area contributed by atoms with Crippen molar-refractivity contribution in [3.05, 3.63) is 65.4 Å². The molecule has 3 aromatic rings. The van der Waals surface area contributed by atoms with Gasteiger partial charge in [0.25, 0.3) is 5.89 Å². The maximum Gasteiger partial charge on any atom is 0.322 e. The summed E-state index contributed by atoms with van der Waals surface area (Å²) in [5.41, 5.74) is 2.65. The number of rotatable bonds is 7. The van der Waals surface area contributed by atoms with Gasteiger partial charge in [0.15, 0.2) is 11.5 Å². The van der Waals surface area contributed by atoms with Crippen molar-refractivity contribution in [1.29, 1.82) is 0 Å². The fourth-order valence-corrected chi connectivity index (χ4v) is 4.27. The van der Waals surface area contributed by atoms with Crippen molar-refractivity contribution in [3.8, 4) is 22.9 Å². The molecule has 9 heteroatoms. The first-order valence-corrected chi connectivity index (χ1v) is 11.3. The Hall–Kier alpha value is -3.88. The van der Waals surface area contributed by atoms with E-state index in [-0.39, 0.29) is 24.5 Å². The predicted octanol–water partition coefficient (Wildman–Crippen LogP) is 5.29. The van der Waals surface area contributed by atoms with Crippen LogP contribution in [0.2, 0.25) is 0 Å². The smallest absolute Gasteiger partial charge is 0.322 e. The SMILES string of the molecule is CCCCCN1C(=O)NC(c2cccc(F)c2)C(c2nc(-c3ccc4c(c3)OCO4)no2)=C1C. The molecule has 2 amide bonds. The van der Waals surface area contributed by atoms with Crippen LogP contribution in [-0.4, -0.2) is 34.4 Å². The summed E-state index contributed by atoms with van der Waals surface area (Å²) in [6.45, 7) is 4.70. The number of benzene rings is 2. The lowest BCUT2D eigenvalue weighted by Crippen LogP contribution is -2.46. The third-order valence-corrected chi connectivity index (χ3v) is 6.05. The lowest BCUT2D eigenvalue weighted by molar-refractivity contribution is 0.174. The van der Waals surface area contributed by atoms with E-state index >= 15 is 0 Å². The summed E-state index contributed by atoms with van der Waals surface area (Å²) in [6, 6.07) is 10.7. The molecular weight excluding hydrogens is 439 g/mol. The van der Waals surface area contributed by atoms with Crippen molar-refractivity contribution >= 4 is 11.6 Å². The van der Waals surface area contributed by atoms with E-state index < -0.39 is 6.04 Å². The molecule has 0 aliphatic carbocycles. The highest BCUT2D eigenvalue weighted by Crippen LogP contribution is 2.39. The standard InChI is InChI=1S/C25H25FN4O4/c1-3-4-5-11-30-15(2)21(22(27-25(30)31)16-7-6-8-18(26)12-16)24-28-23(29-34-24)17-9-10-19-20(13-17)33-14-32-19/h6-10,12-13,22H,3-5,11,14H2,1-2H3,(H,27,31). The number of halogens is 1. The monoisotopic (exact) mass is 464 g/mol. The number of urea groups is 1. The highest BCUT2D eigenvalue weighted by Gasteiger charge is 2.35. The molecule has 0 spiro atoms. The van der Waals surface area contributed by atoms with Crippen LogP contribution in [0.4, 0.5) is 9.18 Å². The van der Waals surface area contributed by atoms with Crippen LogP contribution in [-0.2, 0) is 0 Å². The average molecular weight is 464 g/mol. The van der Waals surface area contributed by atoms with Crippen LogP contribution < -0.4 is 14.8 Å². The molecule has 0 bridgehead atoms. The zero-order valence-corrected chi connectivity index (χ0v) is 19.0. The molecule has 1 unspecified atom stereocenters. The molecule has 34 heavy (non-hydrogen) atoms. The molecule has 1 atom stereocenters. The molecule has 0 fully saturated rings. The summed E-state index contributed by atoms with van der Waals surface area (Å²) in [5.74, 6) is 1.53. The zero-order valence-electron chi connectivity index (χ0n) is 19.0. The Morgan fingerprint density at radius 2 is 2.00 bits per heavy atom. The van der Waals surface area contributed by atoms with Crippen LogP contribution in [0, 0.1) is 5.82 Å². The molecule has 2 aliphatic heterocycles. The van der Waals surface area contributed by atoms with Gasteiger partial charge in [-0.2, -0.15) is 4.98 Å².